The smallest absolute Gasteiger partial charge is 0.320 e. The van der Waals surface area contributed by atoms with Crippen LogP contribution in [0.15, 0.2) is 104 Å². The predicted octanol–water partition coefficient (Wildman–Crippen LogP) is 4.05. The Kier molecular flexibility index (Phi) is 6.50. The van der Waals surface area contributed by atoms with Gasteiger partial charge in [-0.25, -0.2) is 14.2 Å². The summed E-state index contributed by atoms with van der Waals surface area (Å²) in [5.74, 6) is 0. The molecular formula is C31H26N10O. The second kappa shape index (κ2) is 10.8. The van der Waals surface area contributed by atoms with Crippen molar-refractivity contribution in [3.8, 4) is 17.4 Å². The van der Waals surface area contributed by atoms with Crippen LogP contribution in [0.5, 0.6) is 0 Å². The number of piperazine rings is 1. The third-order valence-electron chi connectivity index (χ3n) is 7.66. The number of aromatic nitrogens is 7. The van der Waals surface area contributed by atoms with E-state index in [9.17, 15) is 10.1 Å². The molecule has 3 aromatic heterocycles. The first-order chi connectivity index (χ1) is 20.7. The fourth-order valence-electron chi connectivity index (χ4n) is 5.52. The standard InChI is InChI=1S/C31H26N10O/c32-22-23-3-12-29-28(21-23)35-36-41(29)31(42)38-19-17-37(18-20-38)30(24-4-8-26(9-5-24)39-15-1-13-33-39)25-6-10-27(11-7-25)40-16-2-14-34-40/h1-16,21,30H,17-20H2. The number of amides is 1. The Hall–Kier alpha value is -5.60. The van der Waals surface area contributed by atoms with Gasteiger partial charge in [0.05, 0.1) is 34.6 Å². The third-order valence-corrected chi connectivity index (χ3v) is 7.66. The molecule has 11 heteroatoms. The summed E-state index contributed by atoms with van der Waals surface area (Å²) in [5.41, 5.74) is 5.91. The molecule has 0 spiro atoms. The quantitative estimate of drug-likeness (QED) is 0.316. The number of nitrogens with zero attached hydrogens (tertiary/aromatic N) is 10. The van der Waals surface area contributed by atoms with Crippen LogP contribution in [0.2, 0.25) is 0 Å². The van der Waals surface area contributed by atoms with Gasteiger partial charge in [-0.15, -0.1) is 5.10 Å². The highest BCUT2D eigenvalue weighted by molar-refractivity contribution is 5.88. The van der Waals surface area contributed by atoms with Crippen LogP contribution >= 0.6 is 0 Å². The SMILES string of the molecule is N#Cc1ccc2c(c1)nnn2C(=O)N1CCN(C(c2ccc(-n3cccn3)cc2)c2ccc(-n3cccn3)cc2)CC1. The van der Waals surface area contributed by atoms with E-state index in [2.05, 4.69) is 80.0 Å². The minimum absolute atomic E-state index is 0.00259. The van der Waals surface area contributed by atoms with Crippen molar-refractivity contribution >= 4 is 17.1 Å². The van der Waals surface area contributed by atoms with Gasteiger partial charge in [0.15, 0.2) is 0 Å². The monoisotopic (exact) mass is 554 g/mol. The van der Waals surface area contributed by atoms with Gasteiger partial charge in [-0.05, 0) is 65.7 Å². The number of carbonyl (C=O) groups excluding carboxylic acids is 1. The molecule has 1 saturated heterocycles. The van der Waals surface area contributed by atoms with Crippen molar-refractivity contribution in [1.29, 1.82) is 5.26 Å². The highest BCUT2D eigenvalue weighted by Gasteiger charge is 2.30. The van der Waals surface area contributed by atoms with Crippen LogP contribution in [0.1, 0.15) is 22.7 Å². The highest BCUT2D eigenvalue weighted by Crippen LogP contribution is 2.31. The normalized spacial score (nSPS) is 14.0. The Morgan fingerprint density at radius 2 is 1.38 bits per heavy atom. The molecule has 3 aromatic carbocycles. The van der Waals surface area contributed by atoms with Gasteiger partial charge in [-0.3, -0.25) is 4.90 Å². The second-order valence-corrected chi connectivity index (χ2v) is 10.1. The number of nitriles is 1. The third kappa shape index (κ3) is 4.70. The lowest BCUT2D eigenvalue weighted by molar-refractivity contribution is 0.120. The van der Waals surface area contributed by atoms with E-state index >= 15 is 0 Å². The topological polar surface area (TPSA) is 114 Å². The van der Waals surface area contributed by atoms with Crippen molar-refractivity contribution in [2.75, 3.05) is 26.2 Å². The van der Waals surface area contributed by atoms with Gasteiger partial charge in [0, 0.05) is 51.0 Å². The van der Waals surface area contributed by atoms with Crippen molar-refractivity contribution < 1.29 is 4.79 Å². The molecule has 42 heavy (non-hydrogen) atoms. The zero-order valence-corrected chi connectivity index (χ0v) is 22.6. The summed E-state index contributed by atoms with van der Waals surface area (Å²) in [5, 5.41) is 26.1. The van der Waals surface area contributed by atoms with Crippen LogP contribution in [0.25, 0.3) is 22.4 Å². The van der Waals surface area contributed by atoms with E-state index < -0.39 is 0 Å². The molecule has 7 rings (SSSR count). The number of rotatable bonds is 5. The molecule has 1 aliphatic rings. The van der Waals surface area contributed by atoms with Gasteiger partial charge >= 0.3 is 6.03 Å². The molecule has 0 bridgehead atoms. The van der Waals surface area contributed by atoms with E-state index in [1.165, 1.54) is 4.68 Å². The molecule has 0 N–H and O–H groups in total. The van der Waals surface area contributed by atoms with Crippen LogP contribution in [0.3, 0.4) is 0 Å². The van der Waals surface area contributed by atoms with Crippen LogP contribution in [0.4, 0.5) is 4.79 Å². The zero-order chi connectivity index (χ0) is 28.5. The maximum atomic E-state index is 13.4. The maximum Gasteiger partial charge on any atom is 0.346 e. The minimum Gasteiger partial charge on any atom is -0.320 e. The lowest BCUT2D eigenvalue weighted by Crippen LogP contribution is -2.51. The summed E-state index contributed by atoms with van der Waals surface area (Å²) in [7, 11) is 0. The second-order valence-electron chi connectivity index (χ2n) is 10.1. The van der Waals surface area contributed by atoms with E-state index in [1.54, 1.807) is 30.6 Å². The summed E-state index contributed by atoms with van der Waals surface area (Å²) in [6.45, 7) is 2.46. The molecule has 206 valence electrons. The molecular weight excluding hydrogens is 528 g/mol. The first-order valence-corrected chi connectivity index (χ1v) is 13.7. The molecule has 11 nitrogen and oxygen atoms in total. The Labute approximate surface area is 241 Å². The molecule has 1 amide bonds. The van der Waals surface area contributed by atoms with E-state index in [4.69, 9.17) is 0 Å². The van der Waals surface area contributed by atoms with Crippen LogP contribution in [-0.4, -0.2) is 76.6 Å². The average Bonchev–Trinajstić information content (AvgIpc) is 3.84. The van der Waals surface area contributed by atoms with E-state index in [0.717, 1.165) is 22.5 Å². The number of carbonyl (C=O) groups is 1. The van der Waals surface area contributed by atoms with Crippen molar-refractivity contribution in [2.45, 2.75) is 6.04 Å². The van der Waals surface area contributed by atoms with Gasteiger partial charge in [0.2, 0.25) is 0 Å². The van der Waals surface area contributed by atoms with Crippen LogP contribution in [0, 0.1) is 11.3 Å². The van der Waals surface area contributed by atoms with Gasteiger partial charge in [-0.2, -0.15) is 20.1 Å². The Bertz CT molecular complexity index is 1780. The Morgan fingerprint density at radius 1 is 0.786 bits per heavy atom. The first-order valence-electron chi connectivity index (χ1n) is 13.7. The zero-order valence-electron chi connectivity index (χ0n) is 22.6. The van der Waals surface area contributed by atoms with E-state index in [1.807, 2.05) is 38.8 Å². The summed E-state index contributed by atoms with van der Waals surface area (Å²) in [6.07, 6.45) is 7.39. The van der Waals surface area contributed by atoms with Crippen LogP contribution in [-0.2, 0) is 0 Å². The summed E-state index contributed by atoms with van der Waals surface area (Å²) < 4.78 is 5.01. The fourth-order valence-corrected chi connectivity index (χ4v) is 5.52. The van der Waals surface area contributed by atoms with Crippen molar-refractivity contribution in [3.05, 3.63) is 120 Å². The number of benzene rings is 3. The molecule has 1 aliphatic heterocycles. The molecule has 0 radical (unpaired) electrons. The molecule has 0 atom stereocenters. The Balaban J connectivity index is 1.14. The van der Waals surface area contributed by atoms with Gasteiger partial charge in [0.25, 0.3) is 0 Å². The molecule has 6 aromatic rings. The number of fused-ring (bicyclic) bond motifs is 1. The molecule has 0 saturated carbocycles. The maximum absolute atomic E-state index is 13.4. The molecule has 1 fully saturated rings. The van der Waals surface area contributed by atoms with Crippen molar-refractivity contribution in [3.63, 3.8) is 0 Å². The molecule has 0 unspecified atom stereocenters. The summed E-state index contributed by atoms with van der Waals surface area (Å²) in [4.78, 5) is 17.7. The number of hydrogen-bond donors (Lipinski definition) is 0. The van der Waals surface area contributed by atoms with Crippen molar-refractivity contribution in [2.24, 2.45) is 0 Å². The fraction of sp³-hybridized carbons (Fsp3) is 0.161. The summed E-state index contributed by atoms with van der Waals surface area (Å²) in [6, 6.07) is 27.7. The van der Waals surface area contributed by atoms with E-state index in [0.29, 0.717) is 42.8 Å². The van der Waals surface area contributed by atoms with Crippen LogP contribution < -0.4 is 0 Å². The summed E-state index contributed by atoms with van der Waals surface area (Å²) >= 11 is 0. The predicted molar refractivity (Wildman–Crippen MR) is 155 cm³/mol. The minimum atomic E-state index is -0.217. The van der Waals surface area contributed by atoms with Gasteiger partial charge < -0.3 is 4.90 Å². The van der Waals surface area contributed by atoms with E-state index in [-0.39, 0.29) is 12.1 Å². The highest BCUT2D eigenvalue weighted by atomic mass is 16.2. The van der Waals surface area contributed by atoms with Gasteiger partial charge in [0.1, 0.15) is 5.52 Å². The van der Waals surface area contributed by atoms with Crippen molar-refractivity contribution in [1.82, 2.24) is 44.4 Å². The van der Waals surface area contributed by atoms with Gasteiger partial charge in [-0.1, -0.05) is 29.5 Å². The average molecular weight is 555 g/mol. The number of hydrogen-bond acceptors (Lipinski definition) is 7. The lowest BCUT2D eigenvalue weighted by atomic mass is 9.96. The molecule has 0 aliphatic carbocycles. The molecule has 4 heterocycles. The Morgan fingerprint density at radius 3 is 1.90 bits per heavy atom. The first kappa shape index (κ1) is 25.4. The largest absolute Gasteiger partial charge is 0.346 e. The lowest BCUT2D eigenvalue weighted by Gasteiger charge is -2.39.